The first kappa shape index (κ1) is 23.1. The molecule has 178 valence electrons. The number of anilines is 1. The zero-order chi connectivity index (χ0) is 25.1. The lowest BCUT2D eigenvalue weighted by atomic mass is 9.99. The number of nitrogens with zero attached hydrogens (tertiary/aromatic N) is 1. The van der Waals surface area contributed by atoms with Crippen LogP contribution in [0.2, 0.25) is 0 Å². The van der Waals surface area contributed by atoms with Gasteiger partial charge in [-0.15, -0.1) is 0 Å². The minimum atomic E-state index is -0.773. The van der Waals surface area contributed by atoms with E-state index >= 15 is 0 Å². The maximum atomic E-state index is 13.5. The molecule has 0 aliphatic carbocycles. The molecule has 4 amide bonds. The van der Waals surface area contributed by atoms with Crippen molar-refractivity contribution in [3.63, 3.8) is 0 Å². The average Bonchev–Trinajstić information content (AvgIpc) is 2.91. The topological polar surface area (TPSA) is 75.7 Å². The van der Waals surface area contributed by atoms with E-state index < -0.39 is 17.8 Å². The number of hydrogen-bond donors (Lipinski definition) is 1. The van der Waals surface area contributed by atoms with Crippen LogP contribution in [-0.2, 0) is 22.6 Å². The van der Waals surface area contributed by atoms with Gasteiger partial charge in [0.2, 0.25) is 0 Å². The largest absolute Gasteiger partial charge is 0.488 e. The molecule has 0 atom stereocenters. The maximum absolute atomic E-state index is 13.5. The molecular formula is C30H24N2O4. The molecule has 6 nitrogen and oxygen atoms in total. The van der Waals surface area contributed by atoms with Crippen molar-refractivity contribution < 1.29 is 19.1 Å². The van der Waals surface area contributed by atoms with E-state index in [-0.39, 0.29) is 5.57 Å². The second kappa shape index (κ2) is 9.88. The second-order valence-corrected chi connectivity index (χ2v) is 8.45. The van der Waals surface area contributed by atoms with Gasteiger partial charge in [0.05, 0.1) is 5.69 Å². The molecule has 1 aliphatic rings. The Hall–Kier alpha value is -4.71. The van der Waals surface area contributed by atoms with Gasteiger partial charge in [0, 0.05) is 5.56 Å². The number of imide groups is 2. The van der Waals surface area contributed by atoms with Gasteiger partial charge in [0.1, 0.15) is 17.9 Å². The number of aryl methyl sites for hydroxylation is 1. The van der Waals surface area contributed by atoms with Crippen molar-refractivity contribution in [1.82, 2.24) is 5.32 Å². The number of ether oxygens (including phenoxy) is 1. The molecule has 0 saturated carbocycles. The molecule has 1 N–H and O–H groups in total. The van der Waals surface area contributed by atoms with Crippen LogP contribution in [0.4, 0.5) is 10.5 Å². The van der Waals surface area contributed by atoms with E-state index in [1.807, 2.05) is 85.8 Å². The Balaban J connectivity index is 1.57. The second-order valence-electron chi connectivity index (χ2n) is 8.45. The van der Waals surface area contributed by atoms with Crippen LogP contribution in [0.25, 0.3) is 16.8 Å². The third kappa shape index (κ3) is 4.49. The van der Waals surface area contributed by atoms with Gasteiger partial charge in [-0.3, -0.25) is 14.9 Å². The number of urea groups is 1. The number of fused-ring (bicyclic) bond motifs is 1. The molecule has 0 bridgehead atoms. The summed E-state index contributed by atoms with van der Waals surface area (Å²) in [6.45, 7) is 2.35. The molecule has 36 heavy (non-hydrogen) atoms. The summed E-state index contributed by atoms with van der Waals surface area (Å²) in [6, 6.07) is 27.5. The first-order valence-corrected chi connectivity index (χ1v) is 11.7. The molecule has 5 rings (SSSR count). The first-order chi connectivity index (χ1) is 17.5. The van der Waals surface area contributed by atoms with E-state index in [1.54, 1.807) is 12.1 Å². The van der Waals surface area contributed by atoms with Crippen LogP contribution in [0.5, 0.6) is 5.75 Å². The highest BCUT2D eigenvalue weighted by molar-refractivity contribution is 6.39. The molecule has 6 heteroatoms. The van der Waals surface area contributed by atoms with Gasteiger partial charge < -0.3 is 4.74 Å². The third-order valence-electron chi connectivity index (χ3n) is 6.16. The zero-order valence-corrected chi connectivity index (χ0v) is 19.7. The molecule has 1 saturated heterocycles. The Morgan fingerprint density at radius 1 is 0.806 bits per heavy atom. The van der Waals surface area contributed by atoms with E-state index in [1.165, 1.54) is 6.08 Å². The lowest BCUT2D eigenvalue weighted by Crippen LogP contribution is -2.54. The summed E-state index contributed by atoms with van der Waals surface area (Å²) in [5.41, 5.74) is 2.91. The number of barbiturate groups is 1. The lowest BCUT2D eigenvalue weighted by Gasteiger charge is -2.26. The van der Waals surface area contributed by atoms with Crippen molar-refractivity contribution in [2.24, 2.45) is 0 Å². The SMILES string of the molecule is CCc1ccc(N2C(=O)NC(=O)/C(=C\c3c(OCc4ccccc4)ccc4ccccc34)C2=O)cc1. The van der Waals surface area contributed by atoms with Crippen LogP contribution in [0.1, 0.15) is 23.6 Å². The number of hydrogen-bond acceptors (Lipinski definition) is 4. The van der Waals surface area contributed by atoms with Gasteiger partial charge >= 0.3 is 6.03 Å². The summed E-state index contributed by atoms with van der Waals surface area (Å²) < 4.78 is 6.13. The molecule has 0 spiro atoms. The van der Waals surface area contributed by atoms with Gasteiger partial charge in [-0.25, -0.2) is 9.69 Å². The number of carbonyl (C=O) groups excluding carboxylic acids is 3. The summed E-state index contributed by atoms with van der Waals surface area (Å²) in [4.78, 5) is 39.9. The summed E-state index contributed by atoms with van der Waals surface area (Å²) in [6.07, 6.45) is 2.34. The highest BCUT2D eigenvalue weighted by Gasteiger charge is 2.37. The highest BCUT2D eigenvalue weighted by Crippen LogP contribution is 2.32. The van der Waals surface area contributed by atoms with E-state index in [4.69, 9.17) is 4.74 Å². The highest BCUT2D eigenvalue weighted by atomic mass is 16.5. The van der Waals surface area contributed by atoms with Crippen LogP contribution in [0.3, 0.4) is 0 Å². The third-order valence-corrected chi connectivity index (χ3v) is 6.16. The fourth-order valence-electron chi connectivity index (χ4n) is 4.20. The molecule has 4 aromatic carbocycles. The zero-order valence-electron chi connectivity index (χ0n) is 19.7. The number of rotatable bonds is 6. The minimum Gasteiger partial charge on any atom is -0.488 e. The van der Waals surface area contributed by atoms with Crippen LogP contribution >= 0.6 is 0 Å². The van der Waals surface area contributed by atoms with Gasteiger partial charge in [0.25, 0.3) is 11.8 Å². The number of amides is 4. The Labute approximate surface area is 208 Å². The van der Waals surface area contributed by atoms with Crippen LogP contribution in [0, 0.1) is 0 Å². The van der Waals surface area contributed by atoms with Gasteiger partial charge in [-0.1, -0.05) is 79.7 Å². The van der Waals surface area contributed by atoms with Crippen LogP contribution in [-0.4, -0.2) is 17.8 Å². The normalized spacial score (nSPS) is 14.9. The molecule has 1 heterocycles. The van der Waals surface area contributed by atoms with Crippen LogP contribution in [0.15, 0.2) is 96.6 Å². The Bertz CT molecular complexity index is 1490. The van der Waals surface area contributed by atoms with E-state index in [9.17, 15) is 14.4 Å². The summed E-state index contributed by atoms with van der Waals surface area (Å²) in [7, 11) is 0. The molecule has 1 aliphatic heterocycles. The predicted octanol–water partition coefficient (Wildman–Crippen LogP) is 5.65. The van der Waals surface area contributed by atoms with Gasteiger partial charge in [-0.2, -0.15) is 0 Å². The maximum Gasteiger partial charge on any atom is 0.335 e. The average molecular weight is 477 g/mol. The summed E-state index contributed by atoms with van der Waals surface area (Å²) in [5.74, 6) is -0.898. The monoisotopic (exact) mass is 476 g/mol. The fraction of sp³-hybridized carbons (Fsp3) is 0.100. The van der Waals surface area contributed by atoms with E-state index in [0.29, 0.717) is 23.6 Å². The Kier molecular flexibility index (Phi) is 6.33. The summed E-state index contributed by atoms with van der Waals surface area (Å²) >= 11 is 0. The smallest absolute Gasteiger partial charge is 0.335 e. The Morgan fingerprint density at radius 2 is 1.53 bits per heavy atom. The quantitative estimate of drug-likeness (QED) is 0.288. The van der Waals surface area contributed by atoms with Crippen molar-refractivity contribution in [3.8, 4) is 5.75 Å². The Morgan fingerprint density at radius 3 is 2.28 bits per heavy atom. The number of nitrogens with one attached hydrogen (secondary N) is 1. The van der Waals surface area contributed by atoms with Crippen molar-refractivity contribution in [1.29, 1.82) is 0 Å². The van der Waals surface area contributed by atoms with Crippen molar-refractivity contribution in [2.45, 2.75) is 20.0 Å². The van der Waals surface area contributed by atoms with Gasteiger partial charge in [0.15, 0.2) is 0 Å². The molecule has 4 aromatic rings. The summed E-state index contributed by atoms with van der Waals surface area (Å²) in [5, 5.41) is 4.06. The number of benzene rings is 4. The predicted molar refractivity (Wildman–Crippen MR) is 140 cm³/mol. The molecule has 1 fully saturated rings. The van der Waals surface area contributed by atoms with E-state index in [0.717, 1.165) is 33.2 Å². The van der Waals surface area contributed by atoms with E-state index in [2.05, 4.69) is 5.32 Å². The minimum absolute atomic E-state index is 0.143. The van der Waals surface area contributed by atoms with Crippen LogP contribution < -0.4 is 15.0 Å². The van der Waals surface area contributed by atoms with Gasteiger partial charge in [-0.05, 0) is 52.6 Å². The van der Waals surface area contributed by atoms with Crippen molar-refractivity contribution in [2.75, 3.05) is 4.90 Å². The standard InChI is InChI=1S/C30H24N2O4/c1-2-20-12-15-23(16-13-20)32-29(34)26(28(33)31-30(32)35)18-25-24-11-7-6-10-22(24)14-17-27(25)36-19-21-8-4-3-5-9-21/h3-18H,2,19H2,1H3,(H,31,33,35)/b26-18+. The van der Waals surface area contributed by atoms with Crippen molar-refractivity contribution >= 4 is 40.4 Å². The molecule has 0 radical (unpaired) electrons. The fourth-order valence-corrected chi connectivity index (χ4v) is 4.20. The van der Waals surface area contributed by atoms with Crippen molar-refractivity contribution in [3.05, 3.63) is 113 Å². The molecule has 0 unspecified atom stereocenters. The first-order valence-electron chi connectivity index (χ1n) is 11.7. The molecule has 0 aromatic heterocycles. The lowest BCUT2D eigenvalue weighted by molar-refractivity contribution is -0.122. The number of carbonyl (C=O) groups is 3. The molecular weight excluding hydrogens is 452 g/mol.